The van der Waals surface area contributed by atoms with Crippen molar-refractivity contribution in [2.24, 2.45) is 7.05 Å². The molecule has 0 unspecified atom stereocenters. The number of carboxylic acid groups (broad SMARTS) is 2. The fourth-order valence-corrected chi connectivity index (χ4v) is 7.79. The molecule has 0 spiro atoms. The SMILES string of the molecule is CCCCOc1cncc(-c2nnc3c(C)nc4ccc(CN5CCOCC5)cc4n23)c1.Cl.Cl.Cn1cc(-c2ccncc2)c(-c2ccc(OCc3ccc4ccccc4n3)cc2)n1.O=C(O)CCC(=O)O. The molecule has 0 saturated carbocycles. The molecule has 0 atom stereocenters. The molecule has 19 heteroatoms. The predicted molar refractivity (Wildman–Crippen MR) is 280 cm³/mol. The molecule has 0 amide bonds. The second-order valence-electron chi connectivity index (χ2n) is 16.6. The van der Waals surface area contributed by atoms with Crippen LogP contribution in [0.2, 0.25) is 0 Å². The Kier molecular flexibility index (Phi) is 19.5. The summed E-state index contributed by atoms with van der Waals surface area (Å²) in [6.45, 7) is 9.59. The fraction of sp³-hybridized carbons (Fsp3) is 0.264. The third-order valence-electron chi connectivity index (χ3n) is 11.3. The number of hydrogen-bond donors (Lipinski definition) is 2. The van der Waals surface area contributed by atoms with Gasteiger partial charge in [0.15, 0.2) is 11.5 Å². The number of para-hydroxylation sites is 1. The molecule has 17 nitrogen and oxygen atoms in total. The number of hydrogen-bond acceptors (Lipinski definition) is 13. The van der Waals surface area contributed by atoms with Crippen LogP contribution in [-0.4, -0.2) is 104 Å². The van der Waals surface area contributed by atoms with Gasteiger partial charge in [0.25, 0.3) is 0 Å². The minimum Gasteiger partial charge on any atom is -0.492 e. The summed E-state index contributed by atoms with van der Waals surface area (Å²) < 4.78 is 21.2. The number of carbonyl (C=O) groups is 2. The number of unbranched alkanes of at least 4 members (excludes halogenated alkanes) is 1. The lowest BCUT2D eigenvalue weighted by Crippen LogP contribution is -2.35. The third kappa shape index (κ3) is 14.1. The molecule has 2 N–H and O–H groups in total. The van der Waals surface area contributed by atoms with Crippen LogP contribution >= 0.6 is 24.8 Å². The van der Waals surface area contributed by atoms with Crippen molar-refractivity contribution in [2.75, 3.05) is 32.9 Å². The van der Waals surface area contributed by atoms with Gasteiger partial charge in [0.05, 0.1) is 66.8 Å². The van der Waals surface area contributed by atoms with Crippen molar-refractivity contribution in [2.45, 2.75) is 52.7 Å². The van der Waals surface area contributed by atoms with Crippen molar-refractivity contribution in [1.29, 1.82) is 0 Å². The number of aryl methyl sites for hydroxylation is 2. The van der Waals surface area contributed by atoms with Crippen molar-refractivity contribution in [3.8, 4) is 45.3 Å². The van der Waals surface area contributed by atoms with Gasteiger partial charge in [-0.2, -0.15) is 5.10 Å². The summed E-state index contributed by atoms with van der Waals surface area (Å²) in [4.78, 5) is 39.6. The van der Waals surface area contributed by atoms with Gasteiger partial charge in [-0.1, -0.05) is 43.7 Å². The third-order valence-corrected chi connectivity index (χ3v) is 11.3. The molecule has 374 valence electrons. The number of fused-ring (bicyclic) bond motifs is 4. The molecule has 0 bridgehead atoms. The molecule has 10 rings (SSSR count). The van der Waals surface area contributed by atoms with Crippen molar-refractivity contribution < 1.29 is 34.0 Å². The lowest BCUT2D eigenvalue weighted by molar-refractivity contribution is -0.143. The number of ether oxygens (including phenoxy) is 3. The molecule has 9 aromatic rings. The Morgan fingerprint density at radius 3 is 2.24 bits per heavy atom. The van der Waals surface area contributed by atoms with E-state index in [0.717, 1.165) is 130 Å². The van der Waals surface area contributed by atoms with Crippen molar-refractivity contribution in [3.05, 3.63) is 145 Å². The molecule has 6 aromatic heterocycles. The highest BCUT2D eigenvalue weighted by atomic mass is 35.5. The average molecular weight is 1020 g/mol. The maximum atomic E-state index is 9.64. The number of morpholine rings is 1. The highest BCUT2D eigenvalue weighted by Crippen LogP contribution is 2.32. The van der Waals surface area contributed by atoms with Gasteiger partial charge in [0.2, 0.25) is 0 Å². The summed E-state index contributed by atoms with van der Waals surface area (Å²) in [5, 5.41) is 30.5. The van der Waals surface area contributed by atoms with Crippen LogP contribution in [0.25, 0.3) is 61.4 Å². The highest BCUT2D eigenvalue weighted by molar-refractivity contribution is 5.86. The van der Waals surface area contributed by atoms with Gasteiger partial charge in [-0.15, -0.1) is 35.0 Å². The summed E-state index contributed by atoms with van der Waals surface area (Å²) in [7, 11) is 1.93. The standard InChI is InChI=1S/C25H20N4O.C24H28N6O2.C4H6O4.2ClH/c1-29-16-23(18-12-14-26-15-13-18)25(28-29)20-7-10-22(11-8-20)30-17-21-9-6-19-4-2-3-5-24(19)27-21;1-3-4-9-32-20-13-19(14-25-15-20)24-28-27-23-17(2)26-21-6-5-18(12-22(21)30(23)24)16-29-7-10-31-11-8-29;5-3(6)1-2-4(7)8;;/h2-16H,17H2,1H3;5-6,12-15H,3-4,7-11,16H2,1-2H3;1-2H2,(H,5,6)(H,7,8);2*1H. The maximum absolute atomic E-state index is 9.64. The van der Waals surface area contributed by atoms with E-state index in [1.54, 1.807) is 18.6 Å². The predicted octanol–water partition coefficient (Wildman–Crippen LogP) is 9.71. The number of carboxylic acids is 2. The molecule has 7 heterocycles. The van der Waals surface area contributed by atoms with Crippen LogP contribution in [0.1, 0.15) is 49.6 Å². The number of halogens is 2. The number of aliphatic carboxylic acids is 2. The number of rotatable bonds is 15. The van der Waals surface area contributed by atoms with Crippen LogP contribution in [0.5, 0.6) is 11.5 Å². The van der Waals surface area contributed by atoms with Gasteiger partial charge in [0, 0.05) is 73.5 Å². The van der Waals surface area contributed by atoms with Crippen LogP contribution in [0.3, 0.4) is 0 Å². The van der Waals surface area contributed by atoms with Gasteiger partial charge < -0.3 is 24.4 Å². The average Bonchev–Trinajstić information content (AvgIpc) is 4.02. The van der Waals surface area contributed by atoms with E-state index in [1.165, 1.54) is 5.56 Å². The summed E-state index contributed by atoms with van der Waals surface area (Å²) in [5.41, 5.74) is 11.7. The maximum Gasteiger partial charge on any atom is 0.303 e. The van der Waals surface area contributed by atoms with Crippen molar-refractivity contribution in [1.82, 2.24) is 49.2 Å². The van der Waals surface area contributed by atoms with Gasteiger partial charge >= 0.3 is 11.9 Å². The van der Waals surface area contributed by atoms with E-state index < -0.39 is 11.9 Å². The van der Waals surface area contributed by atoms with E-state index in [4.69, 9.17) is 29.4 Å². The van der Waals surface area contributed by atoms with Crippen molar-refractivity contribution >= 4 is 64.3 Å². The Labute approximate surface area is 428 Å². The van der Waals surface area contributed by atoms with Crippen LogP contribution in [-0.2, 0) is 34.5 Å². The van der Waals surface area contributed by atoms with Gasteiger partial charge in [-0.05, 0) is 91.2 Å². The molecule has 1 aliphatic heterocycles. The van der Waals surface area contributed by atoms with Crippen LogP contribution in [0.15, 0.2) is 128 Å². The fourth-order valence-electron chi connectivity index (χ4n) is 7.79. The smallest absolute Gasteiger partial charge is 0.303 e. The number of nitrogens with zero attached hydrogens (tertiary/aromatic N) is 10. The summed E-state index contributed by atoms with van der Waals surface area (Å²) >= 11 is 0. The molecule has 3 aromatic carbocycles. The first-order chi connectivity index (χ1) is 34.1. The molecule has 1 saturated heterocycles. The molecular weight excluding hydrogens is 960 g/mol. The molecule has 1 aliphatic rings. The highest BCUT2D eigenvalue weighted by Gasteiger charge is 2.18. The van der Waals surface area contributed by atoms with Crippen LogP contribution < -0.4 is 9.47 Å². The normalized spacial score (nSPS) is 12.2. The van der Waals surface area contributed by atoms with Gasteiger partial charge in [-0.25, -0.2) is 9.97 Å². The first kappa shape index (κ1) is 53.8. The Morgan fingerprint density at radius 2 is 1.50 bits per heavy atom. The zero-order valence-corrected chi connectivity index (χ0v) is 41.8. The number of aromatic nitrogens is 9. The Balaban J connectivity index is 0.000000200. The zero-order chi connectivity index (χ0) is 48.8. The molecule has 1 fully saturated rings. The number of pyridine rings is 3. The van der Waals surface area contributed by atoms with Gasteiger partial charge in [-0.3, -0.25) is 33.5 Å². The summed E-state index contributed by atoms with van der Waals surface area (Å²) in [6.07, 6.45) is 10.7. The molecule has 72 heavy (non-hydrogen) atoms. The minimum atomic E-state index is -1.08. The summed E-state index contributed by atoms with van der Waals surface area (Å²) in [6, 6.07) is 32.6. The van der Waals surface area contributed by atoms with Crippen LogP contribution in [0, 0.1) is 6.92 Å². The topological polar surface area (TPSA) is 205 Å². The summed E-state index contributed by atoms with van der Waals surface area (Å²) in [5.74, 6) is 0.137. The van der Waals surface area contributed by atoms with E-state index in [1.807, 2.05) is 97.8 Å². The van der Waals surface area contributed by atoms with Gasteiger partial charge in [0.1, 0.15) is 23.8 Å². The first-order valence-corrected chi connectivity index (χ1v) is 23.1. The monoisotopic (exact) mass is 1010 g/mol. The molecule has 0 aliphatic carbocycles. The zero-order valence-electron chi connectivity index (χ0n) is 40.1. The van der Waals surface area contributed by atoms with Crippen LogP contribution in [0.4, 0.5) is 0 Å². The van der Waals surface area contributed by atoms with E-state index in [-0.39, 0.29) is 37.7 Å². The number of benzene rings is 3. The largest absolute Gasteiger partial charge is 0.492 e. The van der Waals surface area contributed by atoms with E-state index in [2.05, 4.69) is 76.8 Å². The lowest BCUT2D eigenvalue weighted by Gasteiger charge is -2.26. The molecular formula is C53H56Cl2N10O7. The van der Waals surface area contributed by atoms with E-state index >= 15 is 0 Å². The quantitative estimate of drug-likeness (QED) is 0.0917. The Bertz CT molecular complexity index is 3190. The Hall–Kier alpha value is -7.57. The Morgan fingerprint density at radius 1 is 0.750 bits per heavy atom. The van der Waals surface area contributed by atoms with E-state index in [0.29, 0.717) is 13.2 Å². The molecule has 0 radical (unpaired) electrons. The second kappa shape index (κ2) is 26.0. The minimum absolute atomic E-state index is 0. The van der Waals surface area contributed by atoms with E-state index in [9.17, 15) is 9.59 Å². The lowest BCUT2D eigenvalue weighted by atomic mass is 10.0. The second-order valence-corrected chi connectivity index (χ2v) is 16.6. The van der Waals surface area contributed by atoms with Crippen molar-refractivity contribution in [3.63, 3.8) is 0 Å². The first-order valence-electron chi connectivity index (χ1n) is 23.1.